The Morgan fingerprint density at radius 3 is 2.67 bits per heavy atom. The van der Waals surface area contributed by atoms with Crippen molar-refractivity contribution in [2.24, 2.45) is 5.92 Å². The van der Waals surface area contributed by atoms with Gasteiger partial charge in [-0.25, -0.2) is 0 Å². The van der Waals surface area contributed by atoms with Crippen molar-refractivity contribution >= 4 is 40.2 Å². The van der Waals surface area contributed by atoms with Gasteiger partial charge in [0.2, 0.25) is 0 Å². The molecule has 2 aliphatic heterocycles. The summed E-state index contributed by atoms with van der Waals surface area (Å²) in [5.41, 5.74) is 0. The summed E-state index contributed by atoms with van der Waals surface area (Å²) in [6.45, 7) is 3.35. The number of thiophene rings is 2. The number of hydrogen-bond donors (Lipinski definition) is 1. The summed E-state index contributed by atoms with van der Waals surface area (Å²) in [5.74, 6) is 0.706. The van der Waals surface area contributed by atoms with Crippen LogP contribution in [0.2, 0.25) is 4.34 Å². The van der Waals surface area contributed by atoms with Crippen LogP contribution in [-0.2, 0) is 0 Å². The smallest absolute Gasteiger partial charge is 0.261 e. The van der Waals surface area contributed by atoms with E-state index in [1.807, 2.05) is 24.3 Å². The van der Waals surface area contributed by atoms with Crippen LogP contribution in [0.4, 0.5) is 0 Å². The normalized spacial score (nSPS) is 27.2. The van der Waals surface area contributed by atoms with Gasteiger partial charge in [-0.1, -0.05) is 11.6 Å². The Morgan fingerprint density at radius 2 is 2.00 bits per heavy atom. The lowest BCUT2D eigenvalue weighted by atomic mass is 10.00. The topological polar surface area (TPSA) is 32.3 Å². The molecular formula is C15H15ClN2OS2. The maximum atomic E-state index is 12.4. The molecule has 4 rings (SSSR count). The van der Waals surface area contributed by atoms with E-state index in [0.29, 0.717) is 12.0 Å². The molecule has 2 aromatic rings. The average Bonchev–Trinajstić information content (AvgIpc) is 3.22. The van der Waals surface area contributed by atoms with Gasteiger partial charge >= 0.3 is 0 Å². The van der Waals surface area contributed by atoms with Crippen molar-refractivity contribution in [3.05, 3.63) is 33.5 Å². The summed E-state index contributed by atoms with van der Waals surface area (Å²) in [4.78, 5) is 17.8. The van der Waals surface area contributed by atoms with Crippen molar-refractivity contribution in [3.8, 4) is 9.75 Å². The first-order valence-electron chi connectivity index (χ1n) is 7.08. The van der Waals surface area contributed by atoms with E-state index >= 15 is 0 Å². The zero-order chi connectivity index (χ0) is 14.4. The van der Waals surface area contributed by atoms with Crippen molar-refractivity contribution < 1.29 is 4.79 Å². The fourth-order valence-corrected chi connectivity index (χ4v) is 5.27. The van der Waals surface area contributed by atoms with Crippen LogP contribution in [0.1, 0.15) is 16.1 Å². The number of carbonyl (C=O) groups excluding carboxylic acids is 1. The predicted molar refractivity (Wildman–Crippen MR) is 88.4 cm³/mol. The molecule has 4 heterocycles. The second-order valence-electron chi connectivity index (χ2n) is 5.66. The number of hydrogen-bond acceptors (Lipinski definition) is 4. The van der Waals surface area contributed by atoms with Gasteiger partial charge in [-0.05, 0) is 43.1 Å². The quantitative estimate of drug-likeness (QED) is 0.928. The highest BCUT2D eigenvalue weighted by Gasteiger charge is 2.38. The van der Waals surface area contributed by atoms with E-state index in [0.717, 1.165) is 32.1 Å². The summed E-state index contributed by atoms with van der Waals surface area (Å²) in [7, 11) is 0. The Hall–Kier alpha value is -0.880. The van der Waals surface area contributed by atoms with Gasteiger partial charge in [0.05, 0.1) is 9.21 Å². The molecule has 0 aromatic carbocycles. The second-order valence-corrected chi connectivity index (χ2v) is 8.45. The summed E-state index contributed by atoms with van der Waals surface area (Å²) in [5, 5.41) is 3.20. The van der Waals surface area contributed by atoms with Crippen LogP contribution in [0.5, 0.6) is 0 Å². The van der Waals surface area contributed by atoms with Gasteiger partial charge in [0.25, 0.3) is 5.91 Å². The van der Waals surface area contributed by atoms with Crippen LogP contribution in [-0.4, -0.2) is 36.5 Å². The number of nitrogens with zero attached hydrogens (tertiary/aromatic N) is 1. The summed E-state index contributed by atoms with van der Waals surface area (Å²) in [6.07, 6.45) is 1.22. The van der Waals surface area contributed by atoms with Gasteiger partial charge in [-0.15, -0.1) is 22.7 Å². The van der Waals surface area contributed by atoms with E-state index < -0.39 is 0 Å². The van der Waals surface area contributed by atoms with Gasteiger partial charge in [-0.3, -0.25) is 4.79 Å². The van der Waals surface area contributed by atoms with Gasteiger partial charge in [0.15, 0.2) is 0 Å². The van der Waals surface area contributed by atoms with E-state index in [9.17, 15) is 4.79 Å². The molecule has 3 atom stereocenters. The molecule has 6 heteroatoms. The van der Waals surface area contributed by atoms with Crippen molar-refractivity contribution in [2.45, 2.75) is 12.5 Å². The molecule has 3 nitrogen and oxygen atoms in total. The Kier molecular flexibility index (Phi) is 3.53. The van der Waals surface area contributed by atoms with Gasteiger partial charge in [0.1, 0.15) is 0 Å². The summed E-state index contributed by atoms with van der Waals surface area (Å²) in [6, 6.07) is 8.14. The monoisotopic (exact) mass is 338 g/mol. The lowest BCUT2D eigenvalue weighted by Crippen LogP contribution is -2.42. The summed E-state index contributed by atoms with van der Waals surface area (Å²) < 4.78 is 0.778. The van der Waals surface area contributed by atoms with E-state index in [4.69, 9.17) is 11.6 Å². The van der Waals surface area contributed by atoms with Crippen molar-refractivity contribution in [2.75, 3.05) is 19.6 Å². The van der Waals surface area contributed by atoms with E-state index in [2.05, 4.69) is 10.2 Å². The molecule has 1 N–H and O–H groups in total. The van der Waals surface area contributed by atoms with Crippen LogP contribution in [0.3, 0.4) is 0 Å². The first-order chi connectivity index (χ1) is 10.2. The highest BCUT2D eigenvalue weighted by Crippen LogP contribution is 2.35. The Balaban J connectivity index is 1.46. The molecule has 2 saturated heterocycles. The van der Waals surface area contributed by atoms with Crippen molar-refractivity contribution in [1.82, 2.24) is 10.2 Å². The van der Waals surface area contributed by atoms with Crippen molar-refractivity contribution in [1.29, 1.82) is 0 Å². The second kappa shape index (κ2) is 5.39. The fraction of sp³-hybridized carbons (Fsp3) is 0.400. The zero-order valence-corrected chi connectivity index (χ0v) is 13.7. The first kappa shape index (κ1) is 13.8. The molecule has 21 heavy (non-hydrogen) atoms. The Morgan fingerprint density at radius 1 is 1.19 bits per heavy atom. The first-order valence-corrected chi connectivity index (χ1v) is 9.09. The molecule has 0 saturated carbocycles. The molecule has 0 radical (unpaired) electrons. The van der Waals surface area contributed by atoms with E-state index in [-0.39, 0.29) is 5.91 Å². The number of carbonyl (C=O) groups is 1. The van der Waals surface area contributed by atoms with E-state index in [1.54, 1.807) is 11.3 Å². The molecule has 2 aromatic heterocycles. The van der Waals surface area contributed by atoms with Crippen LogP contribution in [0.25, 0.3) is 9.75 Å². The van der Waals surface area contributed by atoms with Gasteiger partial charge in [-0.2, -0.15) is 0 Å². The van der Waals surface area contributed by atoms with E-state index in [1.165, 1.54) is 24.3 Å². The lowest BCUT2D eigenvalue weighted by molar-refractivity contribution is 0.0928. The molecular weight excluding hydrogens is 324 g/mol. The Bertz CT molecular complexity index is 681. The van der Waals surface area contributed by atoms with Crippen LogP contribution < -0.4 is 5.32 Å². The number of nitrogens with one attached hydrogen (secondary N) is 1. The SMILES string of the molecule is O=C(N[C@H]1CN2CC[C@@H]1C2)c1ccc(-c2ccc(Cl)s2)s1. The molecule has 2 bridgehead atoms. The third kappa shape index (κ3) is 2.63. The standard InChI is InChI=1S/C15H15ClN2OS2/c16-14-4-3-12(21-14)11-1-2-13(20-11)15(19)17-10-8-18-6-5-9(10)7-18/h1-4,9-10H,5-8H2,(H,17,19)/t9-,10+/m1/s1. The molecule has 0 spiro atoms. The Labute approximate surface area is 136 Å². The third-order valence-electron chi connectivity index (χ3n) is 4.30. The maximum absolute atomic E-state index is 12.4. The largest absolute Gasteiger partial charge is 0.347 e. The zero-order valence-electron chi connectivity index (χ0n) is 11.3. The van der Waals surface area contributed by atoms with Crippen LogP contribution in [0, 0.1) is 5.92 Å². The van der Waals surface area contributed by atoms with Gasteiger partial charge in [0, 0.05) is 28.9 Å². The third-order valence-corrected chi connectivity index (χ3v) is 6.81. The van der Waals surface area contributed by atoms with Crippen molar-refractivity contribution in [3.63, 3.8) is 0 Å². The predicted octanol–water partition coefficient (Wildman–Crippen LogP) is 3.56. The van der Waals surface area contributed by atoms with Crippen LogP contribution >= 0.6 is 34.3 Å². The summed E-state index contributed by atoms with van der Waals surface area (Å²) >= 11 is 9.05. The number of amides is 1. The highest BCUT2D eigenvalue weighted by molar-refractivity contribution is 7.24. The molecule has 2 aliphatic rings. The fourth-order valence-electron chi connectivity index (χ4n) is 3.23. The van der Waals surface area contributed by atoms with Gasteiger partial charge < -0.3 is 10.2 Å². The number of rotatable bonds is 3. The molecule has 110 valence electrons. The molecule has 1 unspecified atom stereocenters. The minimum atomic E-state index is 0.0626. The average molecular weight is 339 g/mol. The van der Waals surface area contributed by atoms with Crippen LogP contribution in [0.15, 0.2) is 24.3 Å². The molecule has 1 amide bonds. The maximum Gasteiger partial charge on any atom is 0.261 e. The highest BCUT2D eigenvalue weighted by atomic mass is 35.5. The number of halogens is 1. The minimum Gasteiger partial charge on any atom is -0.347 e. The minimum absolute atomic E-state index is 0.0626. The lowest BCUT2D eigenvalue weighted by Gasteiger charge is -2.22. The number of fused-ring (bicyclic) bond motifs is 2. The molecule has 2 fully saturated rings. The number of piperidine rings is 1. The molecule has 0 aliphatic carbocycles.